The number of hydrogen-bond acceptors (Lipinski definition) is 7. The van der Waals surface area contributed by atoms with Crippen molar-refractivity contribution in [2.45, 2.75) is 19.6 Å². The van der Waals surface area contributed by atoms with Crippen molar-refractivity contribution >= 4 is 16.9 Å². The first-order chi connectivity index (χ1) is 15.2. The van der Waals surface area contributed by atoms with Gasteiger partial charge in [-0.1, -0.05) is 5.21 Å². The molecule has 0 atom stereocenters. The Morgan fingerprint density at radius 2 is 1.94 bits per heavy atom. The molecule has 1 aliphatic rings. The summed E-state index contributed by atoms with van der Waals surface area (Å²) in [5.74, 6) is -1.95. The quantitative estimate of drug-likeness (QED) is 0.621. The number of nitrogens with zero attached hydrogens (tertiary/aromatic N) is 5. The summed E-state index contributed by atoms with van der Waals surface area (Å²) in [5.41, 5.74) is 3.83. The summed E-state index contributed by atoms with van der Waals surface area (Å²) in [6.45, 7) is 6.96. The molecule has 0 spiro atoms. The summed E-state index contributed by atoms with van der Waals surface area (Å²) in [6, 6.07) is 7.93. The average molecular weight is 452 g/mol. The molecule has 1 aromatic carbocycles. The van der Waals surface area contributed by atoms with Crippen molar-refractivity contribution in [1.29, 1.82) is 0 Å². The maximum atomic E-state index is 10.6. The van der Waals surface area contributed by atoms with Crippen molar-refractivity contribution in [3.05, 3.63) is 41.9 Å². The van der Waals surface area contributed by atoms with Crippen LogP contribution in [-0.2, 0) is 11.3 Å². The number of hydrogen-bond donors (Lipinski definition) is 2. The summed E-state index contributed by atoms with van der Waals surface area (Å²) < 4.78 is 38.9. The molecule has 0 radical (unpaired) electrons. The number of rotatable bonds is 4. The fourth-order valence-electron chi connectivity index (χ4n) is 3.22. The van der Waals surface area contributed by atoms with E-state index in [9.17, 15) is 13.2 Å². The fourth-order valence-corrected chi connectivity index (χ4v) is 3.22. The number of carboxylic acid groups (broad SMARTS) is 1. The Balaban J connectivity index is 0.000000360. The predicted octanol–water partition coefficient (Wildman–Crippen LogP) is 2.17. The first-order valence-corrected chi connectivity index (χ1v) is 9.77. The lowest BCUT2D eigenvalue weighted by molar-refractivity contribution is -0.192. The fraction of sp³-hybridized carbons (Fsp3) is 0.400. The standard InChI is InChI=1S/C18H22N6O.C2HF3O2/c1-13-9-18(16-10-15(25-2)3-4-17(16)20-13)24-12-14(21-22-24)11-23-7-5-19-6-8-23;3-2(4,5)1(6)7/h3-4,9-10,12,19H,5-8,11H2,1-2H3;(H,6,7). The number of fused-ring (bicyclic) bond motifs is 1. The molecule has 32 heavy (non-hydrogen) atoms. The van der Waals surface area contributed by atoms with Crippen LogP contribution >= 0.6 is 0 Å². The van der Waals surface area contributed by atoms with Gasteiger partial charge in [0.25, 0.3) is 0 Å². The third-order valence-corrected chi connectivity index (χ3v) is 4.75. The molecule has 0 unspecified atom stereocenters. The molecule has 9 nitrogen and oxygen atoms in total. The Kier molecular flexibility index (Phi) is 7.26. The predicted molar refractivity (Wildman–Crippen MR) is 110 cm³/mol. The van der Waals surface area contributed by atoms with Gasteiger partial charge in [-0.2, -0.15) is 13.2 Å². The van der Waals surface area contributed by atoms with E-state index >= 15 is 0 Å². The first-order valence-electron chi connectivity index (χ1n) is 9.77. The van der Waals surface area contributed by atoms with Crippen LogP contribution in [0.25, 0.3) is 16.6 Å². The van der Waals surface area contributed by atoms with Gasteiger partial charge in [-0.15, -0.1) is 5.10 Å². The molecule has 2 aromatic heterocycles. The molecular formula is C20H23F3N6O3. The van der Waals surface area contributed by atoms with Crippen molar-refractivity contribution in [2.24, 2.45) is 0 Å². The minimum Gasteiger partial charge on any atom is -0.497 e. The molecular weight excluding hydrogens is 429 g/mol. The Morgan fingerprint density at radius 3 is 2.56 bits per heavy atom. The van der Waals surface area contributed by atoms with Gasteiger partial charge in [0, 0.05) is 43.8 Å². The van der Waals surface area contributed by atoms with E-state index in [-0.39, 0.29) is 0 Å². The number of aryl methyl sites for hydroxylation is 1. The maximum absolute atomic E-state index is 10.6. The molecule has 1 fully saturated rings. The molecule has 172 valence electrons. The largest absolute Gasteiger partial charge is 0.497 e. The Hall–Kier alpha value is -3.25. The summed E-state index contributed by atoms with van der Waals surface area (Å²) in [5, 5.41) is 20.2. The second-order valence-electron chi connectivity index (χ2n) is 7.15. The smallest absolute Gasteiger partial charge is 0.490 e. The highest BCUT2D eigenvalue weighted by Crippen LogP contribution is 2.26. The van der Waals surface area contributed by atoms with Crippen molar-refractivity contribution in [2.75, 3.05) is 33.3 Å². The number of pyridine rings is 1. The SMILES string of the molecule is COc1ccc2nc(C)cc(-n3cc(CN4CCNCC4)nn3)c2c1.O=C(O)C(F)(F)F. The monoisotopic (exact) mass is 452 g/mol. The number of aliphatic carboxylic acids is 1. The third kappa shape index (κ3) is 5.92. The Labute approximate surface area is 181 Å². The average Bonchev–Trinajstić information content (AvgIpc) is 3.21. The van der Waals surface area contributed by atoms with Gasteiger partial charge in [-0.05, 0) is 31.2 Å². The molecule has 2 N–H and O–H groups in total. The van der Waals surface area contributed by atoms with E-state index in [2.05, 4.69) is 25.5 Å². The molecule has 3 aromatic rings. The van der Waals surface area contributed by atoms with Gasteiger partial charge >= 0.3 is 12.1 Å². The van der Waals surface area contributed by atoms with Crippen LogP contribution in [0.4, 0.5) is 13.2 Å². The van der Waals surface area contributed by atoms with Gasteiger partial charge in [0.2, 0.25) is 0 Å². The molecule has 0 amide bonds. The number of benzene rings is 1. The summed E-state index contributed by atoms with van der Waals surface area (Å²) in [7, 11) is 1.67. The van der Waals surface area contributed by atoms with Crippen molar-refractivity contribution in [1.82, 2.24) is 30.2 Å². The molecule has 0 aliphatic carbocycles. The third-order valence-electron chi connectivity index (χ3n) is 4.75. The lowest BCUT2D eigenvalue weighted by atomic mass is 10.1. The summed E-state index contributed by atoms with van der Waals surface area (Å²) >= 11 is 0. The van der Waals surface area contributed by atoms with Gasteiger partial charge in [0.05, 0.1) is 30.2 Å². The van der Waals surface area contributed by atoms with Crippen molar-refractivity contribution in [3.63, 3.8) is 0 Å². The van der Waals surface area contributed by atoms with Crippen molar-refractivity contribution in [3.8, 4) is 11.4 Å². The number of nitrogens with one attached hydrogen (secondary N) is 1. The molecule has 1 saturated heterocycles. The van der Waals surface area contributed by atoms with E-state index in [1.165, 1.54) is 0 Å². The van der Waals surface area contributed by atoms with Gasteiger partial charge in [0.1, 0.15) is 5.75 Å². The number of alkyl halides is 3. The summed E-state index contributed by atoms with van der Waals surface area (Å²) in [4.78, 5) is 15.9. The second-order valence-corrected chi connectivity index (χ2v) is 7.15. The Morgan fingerprint density at radius 1 is 1.25 bits per heavy atom. The van der Waals surface area contributed by atoms with Crippen LogP contribution < -0.4 is 10.1 Å². The maximum Gasteiger partial charge on any atom is 0.490 e. The van der Waals surface area contributed by atoms with Crippen LogP contribution in [0, 0.1) is 6.92 Å². The van der Waals surface area contributed by atoms with Crippen LogP contribution in [-0.4, -0.2) is 75.4 Å². The number of methoxy groups -OCH3 is 1. The Bertz CT molecular complexity index is 1080. The first kappa shape index (κ1) is 23.4. The van der Waals surface area contributed by atoms with Crippen LogP contribution in [0.5, 0.6) is 5.75 Å². The minimum absolute atomic E-state index is 0.806. The van der Waals surface area contributed by atoms with E-state index in [4.69, 9.17) is 14.6 Å². The van der Waals surface area contributed by atoms with E-state index in [0.29, 0.717) is 0 Å². The van der Waals surface area contributed by atoms with E-state index in [0.717, 1.165) is 66.5 Å². The lowest BCUT2D eigenvalue weighted by Crippen LogP contribution is -2.42. The zero-order chi connectivity index (χ0) is 23.3. The van der Waals surface area contributed by atoms with Crippen molar-refractivity contribution < 1.29 is 27.8 Å². The summed E-state index contributed by atoms with van der Waals surface area (Å²) in [6.07, 6.45) is -3.07. The highest BCUT2D eigenvalue weighted by atomic mass is 19.4. The van der Waals surface area contributed by atoms with Crippen LogP contribution in [0.2, 0.25) is 0 Å². The van der Waals surface area contributed by atoms with Gasteiger partial charge in [-0.25, -0.2) is 9.48 Å². The van der Waals surface area contributed by atoms with Gasteiger partial charge in [-0.3, -0.25) is 9.88 Å². The molecule has 0 saturated carbocycles. The second kappa shape index (κ2) is 9.92. The molecule has 0 bridgehead atoms. The molecule has 1 aliphatic heterocycles. The zero-order valence-corrected chi connectivity index (χ0v) is 17.6. The number of ether oxygens (including phenoxy) is 1. The number of carboxylic acids is 1. The van der Waals surface area contributed by atoms with E-state index in [1.54, 1.807) is 7.11 Å². The zero-order valence-electron chi connectivity index (χ0n) is 17.6. The normalized spacial score (nSPS) is 14.7. The van der Waals surface area contributed by atoms with E-state index in [1.807, 2.05) is 42.1 Å². The number of halogens is 3. The van der Waals surface area contributed by atoms with Gasteiger partial charge in [0.15, 0.2) is 0 Å². The molecule has 3 heterocycles. The van der Waals surface area contributed by atoms with E-state index < -0.39 is 12.1 Å². The van der Waals surface area contributed by atoms with Gasteiger partial charge < -0.3 is 15.2 Å². The lowest BCUT2D eigenvalue weighted by Gasteiger charge is -2.25. The van der Waals surface area contributed by atoms with Crippen LogP contribution in [0.15, 0.2) is 30.5 Å². The molecule has 4 rings (SSSR count). The molecule has 12 heteroatoms. The minimum atomic E-state index is -5.08. The highest BCUT2D eigenvalue weighted by Gasteiger charge is 2.38. The van der Waals surface area contributed by atoms with Crippen LogP contribution in [0.1, 0.15) is 11.4 Å². The number of carbonyl (C=O) groups is 1. The highest BCUT2D eigenvalue weighted by molar-refractivity contribution is 5.88. The number of piperazine rings is 1. The van der Waals surface area contributed by atoms with Crippen LogP contribution in [0.3, 0.4) is 0 Å². The number of aromatic nitrogens is 4. The topological polar surface area (TPSA) is 105 Å².